The zero-order valence-electron chi connectivity index (χ0n) is 8.74. The minimum Gasteiger partial charge on any atom is -0.476 e. The summed E-state index contributed by atoms with van der Waals surface area (Å²) in [6, 6.07) is 0. The van der Waals surface area contributed by atoms with Crippen LogP contribution in [-0.4, -0.2) is 35.8 Å². The maximum atomic E-state index is 10.7. The standard InChI is InChI=1S/C9H14N2O3S/c1-3-14-5-4-10-9-11-7(8(12)13)6(2)15-9/h3-5H2,1-2H3,(H,10,11)(H,12,13). The molecule has 1 aromatic heterocycles. The number of carboxylic acids is 1. The molecule has 1 aromatic rings. The van der Waals surface area contributed by atoms with E-state index in [1.54, 1.807) is 6.92 Å². The first-order valence-electron chi connectivity index (χ1n) is 4.67. The van der Waals surface area contributed by atoms with Crippen molar-refractivity contribution < 1.29 is 14.6 Å². The van der Waals surface area contributed by atoms with Gasteiger partial charge in [-0.25, -0.2) is 9.78 Å². The maximum absolute atomic E-state index is 10.7. The molecule has 0 amide bonds. The highest BCUT2D eigenvalue weighted by Crippen LogP contribution is 2.21. The third kappa shape index (κ3) is 3.49. The van der Waals surface area contributed by atoms with E-state index in [2.05, 4.69) is 10.3 Å². The summed E-state index contributed by atoms with van der Waals surface area (Å²) >= 11 is 1.34. The van der Waals surface area contributed by atoms with Crippen molar-refractivity contribution in [1.29, 1.82) is 0 Å². The number of nitrogens with one attached hydrogen (secondary N) is 1. The van der Waals surface area contributed by atoms with E-state index in [9.17, 15) is 4.79 Å². The lowest BCUT2D eigenvalue weighted by Gasteiger charge is -2.01. The second kappa shape index (κ2) is 5.67. The van der Waals surface area contributed by atoms with Gasteiger partial charge in [0.15, 0.2) is 10.8 Å². The topological polar surface area (TPSA) is 71.5 Å². The van der Waals surface area contributed by atoms with Gasteiger partial charge in [0.25, 0.3) is 0 Å². The molecule has 0 spiro atoms. The summed E-state index contributed by atoms with van der Waals surface area (Å²) in [4.78, 5) is 15.4. The van der Waals surface area contributed by atoms with Gasteiger partial charge in [0, 0.05) is 18.0 Å². The molecule has 1 heterocycles. The Balaban J connectivity index is 2.48. The SMILES string of the molecule is CCOCCNc1nc(C(=O)O)c(C)s1. The minimum absolute atomic E-state index is 0.124. The third-order valence-corrected chi connectivity index (χ3v) is 2.65. The Labute approximate surface area is 92.1 Å². The average Bonchev–Trinajstić information content (AvgIpc) is 2.55. The normalized spacial score (nSPS) is 10.3. The lowest BCUT2D eigenvalue weighted by molar-refractivity contribution is 0.0690. The zero-order chi connectivity index (χ0) is 11.3. The van der Waals surface area contributed by atoms with Gasteiger partial charge >= 0.3 is 5.97 Å². The fourth-order valence-electron chi connectivity index (χ4n) is 1.04. The molecule has 0 fully saturated rings. The van der Waals surface area contributed by atoms with Crippen LogP contribution in [0.25, 0.3) is 0 Å². The molecule has 0 atom stereocenters. The van der Waals surface area contributed by atoms with E-state index in [0.29, 0.717) is 29.8 Å². The van der Waals surface area contributed by atoms with E-state index in [1.807, 2.05) is 6.92 Å². The van der Waals surface area contributed by atoms with Crippen LogP contribution in [0.1, 0.15) is 22.3 Å². The van der Waals surface area contributed by atoms with Crippen molar-refractivity contribution in [2.24, 2.45) is 0 Å². The summed E-state index contributed by atoms with van der Waals surface area (Å²) in [6.45, 7) is 5.58. The van der Waals surface area contributed by atoms with E-state index in [-0.39, 0.29) is 5.69 Å². The Kier molecular flexibility index (Phi) is 4.51. The number of anilines is 1. The van der Waals surface area contributed by atoms with Gasteiger partial charge in [-0.1, -0.05) is 0 Å². The van der Waals surface area contributed by atoms with Gasteiger partial charge in [-0.15, -0.1) is 11.3 Å². The highest BCUT2D eigenvalue weighted by Gasteiger charge is 2.13. The van der Waals surface area contributed by atoms with Crippen molar-refractivity contribution in [2.75, 3.05) is 25.1 Å². The van der Waals surface area contributed by atoms with Crippen LogP contribution in [-0.2, 0) is 4.74 Å². The Morgan fingerprint density at radius 2 is 2.40 bits per heavy atom. The first-order valence-corrected chi connectivity index (χ1v) is 5.49. The highest BCUT2D eigenvalue weighted by atomic mass is 32.1. The molecule has 0 aliphatic carbocycles. The predicted octanol–water partition coefficient (Wildman–Crippen LogP) is 1.60. The lowest BCUT2D eigenvalue weighted by atomic mass is 10.4. The number of hydrogen-bond acceptors (Lipinski definition) is 5. The molecular weight excluding hydrogens is 216 g/mol. The van der Waals surface area contributed by atoms with Crippen LogP contribution in [0, 0.1) is 6.92 Å². The smallest absolute Gasteiger partial charge is 0.355 e. The minimum atomic E-state index is -0.985. The van der Waals surface area contributed by atoms with Crippen LogP contribution in [0.3, 0.4) is 0 Å². The average molecular weight is 230 g/mol. The largest absolute Gasteiger partial charge is 0.476 e. The fourth-order valence-corrected chi connectivity index (χ4v) is 1.88. The molecule has 2 N–H and O–H groups in total. The number of nitrogens with zero attached hydrogens (tertiary/aromatic N) is 1. The van der Waals surface area contributed by atoms with Gasteiger partial charge in [-0.3, -0.25) is 0 Å². The van der Waals surface area contributed by atoms with Gasteiger partial charge in [0.05, 0.1) is 6.61 Å². The molecule has 1 rings (SSSR count). The molecule has 0 bridgehead atoms. The summed E-state index contributed by atoms with van der Waals surface area (Å²) in [6.07, 6.45) is 0. The van der Waals surface area contributed by atoms with Gasteiger partial charge in [-0.2, -0.15) is 0 Å². The molecule has 0 saturated heterocycles. The molecule has 0 saturated carbocycles. The summed E-state index contributed by atoms with van der Waals surface area (Å²) in [5.41, 5.74) is 0.124. The molecule has 0 unspecified atom stereocenters. The molecule has 84 valence electrons. The predicted molar refractivity (Wildman–Crippen MR) is 58.8 cm³/mol. The number of aromatic nitrogens is 1. The van der Waals surface area contributed by atoms with Crippen molar-refractivity contribution in [1.82, 2.24) is 4.98 Å². The van der Waals surface area contributed by atoms with Gasteiger partial charge in [0.1, 0.15) is 0 Å². The Morgan fingerprint density at radius 1 is 1.67 bits per heavy atom. The Bertz CT molecular complexity index is 338. The molecule has 6 heteroatoms. The summed E-state index contributed by atoms with van der Waals surface area (Å²) in [5.74, 6) is -0.985. The summed E-state index contributed by atoms with van der Waals surface area (Å²) in [5, 5.41) is 12.4. The fraction of sp³-hybridized carbons (Fsp3) is 0.556. The number of aryl methyl sites for hydroxylation is 1. The second-order valence-corrected chi connectivity index (χ2v) is 4.06. The van der Waals surface area contributed by atoms with E-state index in [0.717, 1.165) is 0 Å². The number of rotatable bonds is 6. The van der Waals surface area contributed by atoms with Gasteiger partial charge in [-0.05, 0) is 13.8 Å². The van der Waals surface area contributed by atoms with Crippen LogP contribution < -0.4 is 5.32 Å². The number of ether oxygens (including phenoxy) is 1. The molecule has 15 heavy (non-hydrogen) atoms. The van der Waals surface area contributed by atoms with Gasteiger partial charge in [0.2, 0.25) is 0 Å². The van der Waals surface area contributed by atoms with Crippen molar-refractivity contribution in [2.45, 2.75) is 13.8 Å². The number of carbonyl (C=O) groups is 1. The van der Waals surface area contributed by atoms with E-state index in [1.165, 1.54) is 11.3 Å². The molecule has 0 aliphatic rings. The third-order valence-electron chi connectivity index (χ3n) is 1.73. The molecule has 0 aliphatic heterocycles. The number of carboxylic acid groups (broad SMARTS) is 1. The lowest BCUT2D eigenvalue weighted by Crippen LogP contribution is -2.09. The maximum Gasteiger partial charge on any atom is 0.355 e. The molecular formula is C9H14N2O3S. The Hall–Kier alpha value is -1.14. The summed E-state index contributed by atoms with van der Waals surface area (Å²) in [7, 11) is 0. The molecule has 0 radical (unpaired) electrons. The van der Waals surface area contributed by atoms with Gasteiger partial charge < -0.3 is 15.2 Å². The first-order chi connectivity index (χ1) is 7.15. The molecule has 5 nitrogen and oxygen atoms in total. The number of thiazole rings is 1. The Morgan fingerprint density at radius 3 is 2.93 bits per heavy atom. The number of hydrogen-bond donors (Lipinski definition) is 2. The van der Waals surface area contributed by atoms with Crippen molar-refractivity contribution in [3.8, 4) is 0 Å². The van der Waals surface area contributed by atoms with Crippen molar-refractivity contribution >= 4 is 22.4 Å². The number of aromatic carboxylic acids is 1. The van der Waals surface area contributed by atoms with Crippen LogP contribution in [0.15, 0.2) is 0 Å². The van der Waals surface area contributed by atoms with Crippen LogP contribution in [0.2, 0.25) is 0 Å². The highest BCUT2D eigenvalue weighted by molar-refractivity contribution is 7.15. The van der Waals surface area contributed by atoms with E-state index < -0.39 is 5.97 Å². The second-order valence-electron chi connectivity index (χ2n) is 2.85. The van der Waals surface area contributed by atoms with Crippen molar-refractivity contribution in [3.63, 3.8) is 0 Å². The zero-order valence-corrected chi connectivity index (χ0v) is 9.56. The monoisotopic (exact) mass is 230 g/mol. The van der Waals surface area contributed by atoms with Crippen LogP contribution >= 0.6 is 11.3 Å². The van der Waals surface area contributed by atoms with Crippen LogP contribution in [0.4, 0.5) is 5.13 Å². The van der Waals surface area contributed by atoms with E-state index >= 15 is 0 Å². The molecule has 0 aromatic carbocycles. The quantitative estimate of drug-likeness (QED) is 0.726. The van der Waals surface area contributed by atoms with E-state index in [4.69, 9.17) is 9.84 Å². The van der Waals surface area contributed by atoms with Crippen LogP contribution in [0.5, 0.6) is 0 Å². The summed E-state index contributed by atoms with van der Waals surface area (Å²) < 4.78 is 5.14. The van der Waals surface area contributed by atoms with Crippen molar-refractivity contribution in [3.05, 3.63) is 10.6 Å². The first kappa shape index (κ1) is 11.9.